The van der Waals surface area contributed by atoms with Crippen molar-refractivity contribution >= 4 is 34.7 Å². The van der Waals surface area contributed by atoms with Crippen molar-refractivity contribution in [1.82, 2.24) is 9.78 Å². The number of nitrogens with one attached hydrogen (secondary N) is 1. The van der Waals surface area contributed by atoms with E-state index < -0.39 is 17.3 Å². The molecule has 0 amide bonds. The van der Waals surface area contributed by atoms with Crippen LogP contribution >= 0.6 is 11.6 Å². The van der Waals surface area contributed by atoms with E-state index in [1.807, 2.05) is 0 Å². The number of carbonyl (C=O) groups excluding carboxylic acids is 2. The summed E-state index contributed by atoms with van der Waals surface area (Å²) in [6.45, 7) is 4.97. The van der Waals surface area contributed by atoms with E-state index in [-0.39, 0.29) is 30.1 Å². The number of hydrogen-bond donors (Lipinski definition) is 1. The van der Waals surface area contributed by atoms with Crippen molar-refractivity contribution in [2.75, 3.05) is 11.9 Å². The third-order valence-corrected chi connectivity index (χ3v) is 3.61. The van der Waals surface area contributed by atoms with Crippen molar-refractivity contribution in [3.05, 3.63) is 50.9 Å². The molecule has 0 saturated heterocycles. The van der Waals surface area contributed by atoms with Crippen molar-refractivity contribution in [2.45, 2.75) is 27.3 Å². The summed E-state index contributed by atoms with van der Waals surface area (Å²) in [7, 11) is 0. The number of esters is 1. The van der Waals surface area contributed by atoms with E-state index in [1.165, 1.54) is 6.92 Å². The number of anilines is 2. The smallest absolute Gasteiger partial charge is 0.359 e. The van der Waals surface area contributed by atoms with Gasteiger partial charge in [0, 0.05) is 17.3 Å². The Kier molecular flexibility index (Phi) is 5.93. The largest absolute Gasteiger partial charge is 0.461 e. The van der Waals surface area contributed by atoms with Gasteiger partial charge in [0.1, 0.15) is 5.69 Å². The number of nitrogens with zero attached hydrogens (tertiary/aromatic N) is 2. The Hall–Kier alpha value is -2.67. The molecule has 1 heterocycles. The minimum absolute atomic E-state index is 0.0327. The minimum atomic E-state index is -0.760. The number of benzene rings is 1. The lowest BCUT2D eigenvalue weighted by molar-refractivity contribution is 0.0513. The number of ether oxygens (including phenoxy) is 1. The third kappa shape index (κ3) is 4.06. The van der Waals surface area contributed by atoms with Crippen molar-refractivity contribution in [3.63, 3.8) is 0 Å². The molecule has 1 N–H and O–H groups in total. The summed E-state index contributed by atoms with van der Waals surface area (Å²) in [5, 5.41) is 7.34. The average Bonchev–Trinajstić information content (AvgIpc) is 2.56. The lowest BCUT2D eigenvalue weighted by atomic mass is 10.1. The molecular weight excluding hydrogens is 346 g/mol. The van der Waals surface area contributed by atoms with Gasteiger partial charge in [0.2, 0.25) is 0 Å². The lowest BCUT2D eigenvalue weighted by Gasteiger charge is -2.15. The van der Waals surface area contributed by atoms with Gasteiger partial charge in [-0.1, -0.05) is 17.7 Å². The van der Waals surface area contributed by atoms with Crippen LogP contribution in [-0.2, 0) is 11.3 Å². The molecule has 1 aromatic heterocycles. The first kappa shape index (κ1) is 18.7. The monoisotopic (exact) mass is 363 g/mol. The number of rotatable bonds is 6. The van der Waals surface area contributed by atoms with Crippen molar-refractivity contribution in [1.29, 1.82) is 0 Å². The Morgan fingerprint density at radius 2 is 2.04 bits per heavy atom. The molecular formula is C17H18ClN3O4. The molecule has 132 valence electrons. The van der Waals surface area contributed by atoms with E-state index in [0.29, 0.717) is 10.7 Å². The fraction of sp³-hybridized carbons (Fsp3) is 0.294. The average molecular weight is 364 g/mol. The maximum absolute atomic E-state index is 12.6. The molecule has 0 bridgehead atoms. The van der Waals surface area contributed by atoms with Gasteiger partial charge in [-0.3, -0.25) is 9.59 Å². The number of aryl methyl sites for hydroxylation is 1. The van der Waals surface area contributed by atoms with Crippen molar-refractivity contribution in [2.24, 2.45) is 0 Å². The van der Waals surface area contributed by atoms with Crippen LogP contribution in [0.3, 0.4) is 0 Å². The second kappa shape index (κ2) is 7.94. The molecule has 0 aliphatic heterocycles. The highest BCUT2D eigenvalue weighted by Crippen LogP contribution is 2.23. The summed E-state index contributed by atoms with van der Waals surface area (Å²) in [5.74, 6) is -1.23. The number of ketones is 1. The number of aromatic nitrogens is 2. The molecule has 25 heavy (non-hydrogen) atoms. The molecule has 1 aromatic carbocycles. The summed E-state index contributed by atoms with van der Waals surface area (Å²) in [6, 6.07) is 6.67. The molecule has 2 rings (SSSR count). The summed E-state index contributed by atoms with van der Waals surface area (Å²) < 4.78 is 6.07. The predicted octanol–water partition coefficient (Wildman–Crippen LogP) is 3.04. The fourth-order valence-corrected chi connectivity index (χ4v) is 2.49. The van der Waals surface area contributed by atoms with Gasteiger partial charge in [-0.25, -0.2) is 9.48 Å². The molecule has 0 atom stereocenters. The molecule has 0 saturated carbocycles. The number of Topliss-reactive ketones (excluding diaryl/α,β-unsaturated/α-hetero) is 1. The standard InChI is InChI=1S/C17H18ClN3O4/c1-4-21-16(23)14(19-12-8-6-7-11(18)9-12)13(10(3)22)15(20-21)17(24)25-5-2/h6-9,19H,4-5H2,1-3H3. The van der Waals surface area contributed by atoms with Crippen LogP contribution in [0.2, 0.25) is 5.02 Å². The minimum Gasteiger partial charge on any atom is -0.461 e. The van der Waals surface area contributed by atoms with E-state index in [9.17, 15) is 14.4 Å². The summed E-state index contributed by atoms with van der Waals surface area (Å²) >= 11 is 5.96. The summed E-state index contributed by atoms with van der Waals surface area (Å²) in [4.78, 5) is 37.0. The van der Waals surface area contributed by atoms with Gasteiger partial charge in [-0.15, -0.1) is 0 Å². The Labute approximate surface area is 149 Å². The van der Waals surface area contributed by atoms with E-state index in [4.69, 9.17) is 16.3 Å². The van der Waals surface area contributed by atoms with Gasteiger partial charge in [-0.2, -0.15) is 5.10 Å². The number of hydrogen-bond acceptors (Lipinski definition) is 6. The summed E-state index contributed by atoms with van der Waals surface area (Å²) in [6.07, 6.45) is 0. The Morgan fingerprint density at radius 3 is 2.60 bits per heavy atom. The first-order valence-corrected chi connectivity index (χ1v) is 8.12. The van der Waals surface area contributed by atoms with Crippen LogP contribution in [0.15, 0.2) is 29.1 Å². The molecule has 2 aromatic rings. The van der Waals surface area contributed by atoms with Gasteiger partial charge in [-0.05, 0) is 39.0 Å². The molecule has 0 fully saturated rings. The predicted molar refractivity (Wildman–Crippen MR) is 94.9 cm³/mol. The molecule has 7 nitrogen and oxygen atoms in total. The Morgan fingerprint density at radius 1 is 1.32 bits per heavy atom. The van der Waals surface area contributed by atoms with Crippen LogP contribution in [0, 0.1) is 0 Å². The van der Waals surface area contributed by atoms with Gasteiger partial charge in [0.25, 0.3) is 5.56 Å². The number of carbonyl (C=O) groups is 2. The zero-order valence-corrected chi connectivity index (χ0v) is 14.9. The molecule has 8 heteroatoms. The second-order valence-corrected chi connectivity index (χ2v) is 5.57. The molecule has 0 aliphatic carbocycles. The molecule has 0 unspecified atom stereocenters. The third-order valence-electron chi connectivity index (χ3n) is 3.37. The van der Waals surface area contributed by atoms with E-state index in [1.54, 1.807) is 38.1 Å². The van der Waals surface area contributed by atoms with Crippen molar-refractivity contribution < 1.29 is 14.3 Å². The Balaban J connectivity index is 2.70. The van der Waals surface area contributed by atoms with Crippen LogP contribution in [0.5, 0.6) is 0 Å². The van der Waals surface area contributed by atoms with Crippen molar-refractivity contribution in [3.8, 4) is 0 Å². The maximum Gasteiger partial charge on any atom is 0.359 e. The van der Waals surface area contributed by atoms with Crippen LogP contribution in [-0.4, -0.2) is 28.1 Å². The van der Waals surface area contributed by atoms with Gasteiger partial charge in [0.05, 0.1) is 12.2 Å². The number of halogens is 1. The Bertz CT molecular complexity index is 877. The fourth-order valence-electron chi connectivity index (χ4n) is 2.30. The van der Waals surface area contributed by atoms with Crippen LogP contribution in [0.4, 0.5) is 11.4 Å². The normalized spacial score (nSPS) is 10.4. The zero-order valence-electron chi connectivity index (χ0n) is 14.1. The van der Waals surface area contributed by atoms with Crippen LogP contribution in [0.25, 0.3) is 0 Å². The van der Waals surface area contributed by atoms with E-state index in [2.05, 4.69) is 10.4 Å². The first-order chi connectivity index (χ1) is 11.9. The van der Waals surface area contributed by atoms with Crippen LogP contribution in [0.1, 0.15) is 41.6 Å². The zero-order chi connectivity index (χ0) is 18.6. The van der Waals surface area contributed by atoms with Crippen LogP contribution < -0.4 is 10.9 Å². The van der Waals surface area contributed by atoms with Gasteiger partial charge >= 0.3 is 5.97 Å². The van der Waals surface area contributed by atoms with Gasteiger partial charge < -0.3 is 10.1 Å². The highest BCUT2D eigenvalue weighted by molar-refractivity contribution is 6.30. The second-order valence-electron chi connectivity index (χ2n) is 5.13. The molecule has 0 radical (unpaired) electrons. The quantitative estimate of drug-likeness (QED) is 0.626. The molecule has 0 spiro atoms. The SMILES string of the molecule is CCOC(=O)c1nn(CC)c(=O)c(Nc2cccc(Cl)c2)c1C(C)=O. The maximum atomic E-state index is 12.6. The summed E-state index contributed by atoms with van der Waals surface area (Å²) in [5.41, 5.74) is -0.334. The lowest BCUT2D eigenvalue weighted by Crippen LogP contribution is -2.31. The van der Waals surface area contributed by atoms with E-state index in [0.717, 1.165) is 4.68 Å². The molecule has 0 aliphatic rings. The topological polar surface area (TPSA) is 90.3 Å². The highest BCUT2D eigenvalue weighted by atomic mass is 35.5. The van der Waals surface area contributed by atoms with Gasteiger partial charge in [0.15, 0.2) is 11.5 Å². The first-order valence-electron chi connectivity index (χ1n) is 7.74. The highest BCUT2D eigenvalue weighted by Gasteiger charge is 2.26. The van der Waals surface area contributed by atoms with E-state index >= 15 is 0 Å².